The van der Waals surface area contributed by atoms with Gasteiger partial charge in [-0.3, -0.25) is 14.5 Å². The van der Waals surface area contributed by atoms with E-state index in [4.69, 9.17) is 4.52 Å². The number of hydrogen-bond donors (Lipinski definition) is 0. The van der Waals surface area contributed by atoms with E-state index in [0.717, 1.165) is 26.1 Å². The van der Waals surface area contributed by atoms with E-state index in [-0.39, 0.29) is 17.2 Å². The summed E-state index contributed by atoms with van der Waals surface area (Å²) in [5.41, 5.74) is -0.135. The number of aryl methyl sites for hydroxylation is 1. The fourth-order valence-electron chi connectivity index (χ4n) is 2.92. The molecule has 0 saturated carbocycles. The van der Waals surface area contributed by atoms with Gasteiger partial charge in [0, 0.05) is 58.5 Å². The zero-order chi connectivity index (χ0) is 20.0. The van der Waals surface area contributed by atoms with Gasteiger partial charge in [0.25, 0.3) is 0 Å². The van der Waals surface area contributed by atoms with E-state index >= 15 is 0 Å². The van der Waals surface area contributed by atoms with Gasteiger partial charge in [-0.25, -0.2) is 0 Å². The molecule has 1 aliphatic heterocycles. The summed E-state index contributed by atoms with van der Waals surface area (Å²) in [7, 11) is 3.54. The van der Waals surface area contributed by atoms with Crippen molar-refractivity contribution >= 4 is 11.8 Å². The van der Waals surface area contributed by atoms with Crippen molar-refractivity contribution in [3.63, 3.8) is 0 Å². The summed E-state index contributed by atoms with van der Waals surface area (Å²) in [6.45, 7) is 9.56. The second-order valence-electron chi connectivity index (χ2n) is 8.41. The lowest BCUT2D eigenvalue weighted by atomic mass is 9.96. The van der Waals surface area contributed by atoms with E-state index < -0.39 is 0 Å². The van der Waals surface area contributed by atoms with Crippen molar-refractivity contribution in [2.24, 2.45) is 0 Å². The van der Waals surface area contributed by atoms with Crippen LogP contribution in [0.25, 0.3) is 0 Å². The number of likely N-dealkylation sites (N-methyl/N-ethyl adjacent to an activating group) is 1. The van der Waals surface area contributed by atoms with Crippen molar-refractivity contribution in [2.75, 3.05) is 46.8 Å². The highest BCUT2D eigenvalue weighted by Gasteiger charge is 2.22. The average Bonchev–Trinajstić information content (AvgIpc) is 2.94. The van der Waals surface area contributed by atoms with Gasteiger partial charge in [-0.2, -0.15) is 4.98 Å². The number of nitrogens with zero attached hydrogens (tertiary/aromatic N) is 5. The summed E-state index contributed by atoms with van der Waals surface area (Å²) in [5, 5.41) is 4.01. The first-order valence-electron chi connectivity index (χ1n) is 9.70. The van der Waals surface area contributed by atoms with Crippen molar-refractivity contribution in [3.8, 4) is 0 Å². The zero-order valence-electron chi connectivity index (χ0n) is 17.3. The molecule has 2 amide bonds. The van der Waals surface area contributed by atoms with Gasteiger partial charge in [-0.15, -0.1) is 0 Å². The maximum atomic E-state index is 12.5. The predicted octanol–water partition coefficient (Wildman–Crippen LogP) is 1.31. The first-order chi connectivity index (χ1) is 12.7. The van der Waals surface area contributed by atoms with E-state index in [9.17, 15) is 9.59 Å². The first-order valence-corrected chi connectivity index (χ1v) is 9.70. The largest absolute Gasteiger partial charge is 0.348 e. The molecular formula is C19H33N5O3. The molecule has 152 valence electrons. The fraction of sp³-hybridized carbons (Fsp3) is 0.789. The molecule has 0 N–H and O–H groups in total. The summed E-state index contributed by atoms with van der Waals surface area (Å²) >= 11 is 0. The number of aromatic nitrogens is 2. The van der Waals surface area contributed by atoms with Gasteiger partial charge in [-0.1, -0.05) is 25.9 Å². The van der Waals surface area contributed by atoms with E-state index in [1.54, 1.807) is 19.0 Å². The van der Waals surface area contributed by atoms with Gasteiger partial charge in [0.15, 0.2) is 5.82 Å². The molecule has 0 radical (unpaired) electrons. The van der Waals surface area contributed by atoms with E-state index in [1.807, 2.05) is 25.7 Å². The molecule has 1 aromatic rings. The second kappa shape index (κ2) is 9.30. The Morgan fingerprint density at radius 2 is 1.89 bits per heavy atom. The van der Waals surface area contributed by atoms with Crippen molar-refractivity contribution in [1.29, 1.82) is 0 Å². The lowest BCUT2D eigenvalue weighted by Crippen LogP contribution is -2.39. The van der Waals surface area contributed by atoms with Crippen LogP contribution in [0, 0.1) is 0 Å². The molecule has 1 aromatic heterocycles. The third-order valence-electron chi connectivity index (χ3n) is 4.72. The molecule has 0 bridgehead atoms. The van der Waals surface area contributed by atoms with Crippen LogP contribution in [-0.4, -0.2) is 83.5 Å². The maximum Gasteiger partial charge on any atom is 0.236 e. The first kappa shape index (κ1) is 21.3. The van der Waals surface area contributed by atoms with Crippen molar-refractivity contribution in [2.45, 2.75) is 51.9 Å². The van der Waals surface area contributed by atoms with Gasteiger partial charge < -0.3 is 14.3 Å². The summed E-state index contributed by atoms with van der Waals surface area (Å²) in [5.74, 6) is 1.55. The Kier molecular flexibility index (Phi) is 7.35. The lowest BCUT2D eigenvalue weighted by Gasteiger charge is -2.22. The van der Waals surface area contributed by atoms with Gasteiger partial charge in [0.2, 0.25) is 17.7 Å². The molecule has 8 nitrogen and oxygen atoms in total. The van der Waals surface area contributed by atoms with Crippen LogP contribution in [0.15, 0.2) is 4.52 Å². The minimum Gasteiger partial charge on any atom is -0.348 e. The van der Waals surface area contributed by atoms with Crippen LogP contribution < -0.4 is 0 Å². The highest BCUT2D eigenvalue weighted by Crippen LogP contribution is 2.19. The summed E-state index contributed by atoms with van der Waals surface area (Å²) in [4.78, 5) is 34.4. The smallest absolute Gasteiger partial charge is 0.236 e. The van der Waals surface area contributed by atoms with E-state index in [2.05, 4.69) is 15.0 Å². The van der Waals surface area contributed by atoms with Gasteiger partial charge >= 0.3 is 0 Å². The Labute approximate surface area is 161 Å². The molecule has 0 atom stereocenters. The monoisotopic (exact) mass is 379 g/mol. The van der Waals surface area contributed by atoms with Crippen LogP contribution in [0.1, 0.15) is 51.7 Å². The molecule has 0 spiro atoms. The molecule has 0 unspecified atom stereocenters. The number of carbonyl (C=O) groups is 2. The van der Waals surface area contributed by atoms with Crippen LogP contribution in [-0.2, 0) is 21.4 Å². The SMILES string of the molecule is CN(C)C(=O)CN1CCCN(C(=O)CCCc2nc(C(C)(C)C)no2)CC1. The number of rotatable bonds is 6. The number of amides is 2. The molecule has 1 saturated heterocycles. The number of hydrogen-bond acceptors (Lipinski definition) is 6. The summed E-state index contributed by atoms with van der Waals surface area (Å²) < 4.78 is 5.28. The predicted molar refractivity (Wildman–Crippen MR) is 102 cm³/mol. The molecule has 0 aliphatic carbocycles. The average molecular weight is 380 g/mol. The van der Waals surface area contributed by atoms with E-state index in [0.29, 0.717) is 44.1 Å². The van der Waals surface area contributed by atoms with Crippen LogP contribution in [0.3, 0.4) is 0 Å². The molecule has 0 aromatic carbocycles. The second-order valence-corrected chi connectivity index (χ2v) is 8.41. The topological polar surface area (TPSA) is 82.8 Å². The molecular weight excluding hydrogens is 346 g/mol. The van der Waals surface area contributed by atoms with Crippen LogP contribution in [0.4, 0.5) is 0 Å². The standard InChI is InChI=1S/C19H33N5O3/c1-19(2,3)18-20-15(27-21-18)8-6-9-16(25)24-11-7-10-23(12-13-24)14-17(26)22(4)5/h6-14H2,1-5H3. The van der Waals surface area contributed by atoms with Crippen molar-refractivity contribution in [3.05, 3.63) is 11.7 Å². The Morgan fingerprint density at radius 3 is 2.52 bits per heavy atom. The molecule has 2 heterocycles. The highest BCUT2D eigenvalue weighted by molar-refractivity contribution is 5.78. The van der Waals surface area contributed by atoms with Crippen molar-refractivity contribution in [1.82, 2.24) is 24.8 Å². The Bertz CT molecular complexity index is 636. The molecule has 1 aliphatic rings. The Morgan fingerprint density at radius 1 is 1.15 bits per heavy atom. The molecule has 1 fully saturated rings. The van der Waals surface area contributed by atoms with Crippen LogP contribution in [0.5, 0.6) is 0 Å². The number of carbonyl (C=O) groups excluding carboxylic acids is 2. The molecule has 27 heavy (non-hydrogen) atoms. The van der Waals surface area contributed by atoms with Crippen LogP contribution in [0.2, 0.25) is 0 Å². The molecule has 8 heteroatoms. The maximum absolute atomic E-state index is 12.5. The van der Waals surface area contributed by atoms with Gasteiger partial charge in [0.05, 0.1) is 6.54 Å². The minimum atomic E-state index is -0.135. The zero-order valence-corrected chi connectivity index (χ0v) is 17.3. The van der Waals surface area contributed by atoms with Crippen LogP contribution >= 0.6 is 0 Å². The normalized spacial score (nSPS) is 16.3. The highest BCUT2D eigenvalue weighted by atomic mass is 16.5. The summed E-state index contributed by atoms with van der Waals surface area (Å²) in [6.07, 6.45) is 2.69. The lowest BCUT2D eigenvalue weighted by molar-refractivity contribution is -0.131. The summed E-state index contributed by atoms with van der Waals surface area (Å²) in [6, 6.07) is 0. The van der Waals surface area contributed by atoms with Crippen molar-refractivity contribution < 1.29 is 14.1 Å². The van der Waals surface area contributed by atoms with Gasteiger partial charge in [-0.05, 0) is 12.8 Å². The van der Waals surface area contributed by atoms with Gasteiger partial charge in [0.1, 0.15) is 0 Å². The third-order valence-corrected chi connectivity index (χ3v) is 4.72. The fourth-order valence-corrected chi connectivity index (χ4v) is 2.92. The third kappa shape index (κ3) is 6.61. The Balaban J connectivity index is 1.74. The quantitative estimate of drug-likeness (QED) is 0.741. The molecule has 2 rings (SSSR count). The Hall–Kier alpha value is -1.96. The minimum absolute atomic E-state index is 0.101. The van der Waals surface area contributed by atoms with E-state index in [1.165, 1.54) is 0 Å².